The quantitative estimate of drug-likeness (QED) is 0.765. The van der Waals surface area contributed by atoms with E-state index in [1.807, 2.05) is 6.20 Å². The average Bonchev–Trinajstić information content (AvgIpc) is 2.89. The molecule has 1 atom stereocenters. The van der Waals surface area contributed by atoms with Crippen LogP contribution in [0.1, 0.15) is 30.3 Å². The second kappa shape index (κ2) is 5.46. The van der Waals surface area contributed by atoms with Gasteiger partial charge in [0.25, 0.3) is 0 Å². The van der Waals surface area contributed by atoms with Gasteiger partial charge in [-0.3, -0.25) is 0 Å². The maximum Gasteiger partial charge on any atom is 0.113 e. The van der Waals surface area contributed by atoms with Gasteiger partial charge in [0, 0.05) is 44.6 Å². The number of nitrogens with one attached hydrogen (secondary N) is 1. The Kier molecular flexibility index (Phi) is 3.96. The third-order valence-corrected chi connectivity index (χ3v) is 3.24. The summed E-state index contributed by atoms with van der Waals surface area (Å²) in [5.74, 6) is 1.84. The zero-order valence-corrected chi connectivity index (χ0v) is 10.2. The molecule has 0 amide bonds. The summed E-state index contributed by atoms with van der Waals surface area (Å²) >= 11 is 0. The van der Waals surface area contributed by atoms with E-state index in [2.05, 4.69) is 21.8 Å². The number of methoxy groups -OCH3 is 1. The topological polar surface area (TPSA) is 39.1 Å². The number of aryl methyl sites for hydroxylation is 1. The van der Waals surface area contributed by atoms with E-state index in [0.29, 0.717) is 5.92 Å². The summed E-state index contributed by atoms with van der Waals surface area (Å²) < 4.78 is 7.44. The Balaban J connectivity index is 2.05. The van der Waals surface area contributed by atoms with Crippen molar-refractivity contribution in [2.24, 2.45) is 0 Å². The van der Waals surface area contributed by atoms with Crippen LogP contribution in [0.4, 0.5) is 0 Å². The van der Waals surface area contributed by atoms with Crippen LogP contribution < -0.4 is 5.32 Å². The smallest absolute Gasteiger partial charge is 0.113 e. The molecule has 0 aliphatic carbocycles. The predicted octanol–water partition coefficient (Wildman–Crippen LogP) is 1.30. The lowest BCUT2D eigenvalue weighted by molar-refractivity contribution is 0.189. The molecular formula is C12H21N3O. The molecule has 4 heteroatoms. The number of imidazole rings is 1. The van der Waals surface area contributed by atoms with Gasteiger partial charge in [0.2, 0.25) is 0 Å². The van der Waals surface area contributed by atoms with Crippen molar-refractivity contribution in [1.29, 1.82) is 0 Å². The number of rotatable bonds is 5. The monoisotopic (exact) mass is 223 g/mol. The fourth-order valence-electron chi connectivity index (χ4n) is 2.34. The van der Waals surface area contributed by atoms with Crippen LogP contribution in [0, 0.1) is 6.92 Å². The number of hydrogen-bond acceptors (Lipinski definition) is 3. The molecule has 1 N–H and O–H groups in total. The molecule has 0 radical (unpaired) electrons. The van der Waals surface area contributed by atoms with Crippen molar-refractivity contribution < 1.29 is 4.74 Å². The van der Waals surface area contributed by atoms with Crippen LogP contribution in [0.5, 0.6) is 0 Å². The zero-order valence-electron chi connectivity index (χ0n) is 10.2. The summed E-state index contributed by atoms with van der Waals surface area (Å²) in [5.41, 5.74) is 1.26. The van der Waals surface area contributed by atoms with Gasteiger partial charge >= 0.3 is 0 Å². The summed E-state index contributed by atoms with van der Waals surface area (Å²) in [7, 11) is 1.75. The molecule has 0 bridgehead atoms. The fourth-order valence-corrected chi connectivity index (χ4v) is 2.34. The summed E-state index contributed by atoms with van der Waals surface area (Å²) in [5, 5.41) is 3.40. The Hall–Kier alpha value is -0.870. The number of ether oxygens (including phenoxy) is 1. The van der Waals surface area contributed by atoms with E-state index >= 15 is 0 Å². The standard InChI is InChI=1S/C12H21N3O/c1-10-8-14-12(11-4-5-13-9-11)15(10)6-3-7-16-2/h8,11,13H,3-7,9H2,1-2H3. The molecule has 1 aromatic heterocycles. The molecule has 2 rings (SSSR count). The maximum absolute atomic E-state index is 5.10. The highest BCUT2D eigenvalue weighted by atomic mass is 16.5. The number of hydrogen-bond donors (Lipinski definition) is 1. The average molecular weight is 223 g/mol. The van der Waals surface area contributed by atoms with E-state index in [-0.39, 0.29) is 0 Å². The highest BCUT2D eigenvalue weighted by Gasteiger charge is 2.21. The zero-order chi connectivity index (χ0) is 11.4. The van der Waals surface area contributed by atoms with Crippen LogP contribution in [0.2, 0.25) is 0 Å². The Labute approximate surface area is 97.0 Å². The van der Waals surface area contributed by atoms with Gasteiger partial charge in [0.15, 0.2) is 0 Å². The number of aromatic nitrogens is 2. The Morgan fingerprint density at radius 2 is 2.50 bits per heavy atom. The molecule has 90 valence electrons. The third kappa shape index (κ3) is 2.44. The largest absolute Gasteiger partial charge is 0.385 e. The number of nitrogens with zero attached hydrogens (tertiary/aromatic N) is 2. The minimum Gasteiger partial charge on any atom is -0.385 e. The summed E-state index contributed by atoms with van der Waals surface area (Å²) in [6, 6.07) is 0. The first-order valence-corrected chi connectivity index (χ1v) is 6.04. The highest BCUT2D eigenvalue weighted by Crippen LogP contribution is 2.22. The molecule has 1 aliphatic heterocycles. The van der Waals surface area contributed by atoms with Crippen LogP contribution in [-0.2, 0) is 11.3 Å². The van der Waals surface area contributed by atoms with Crippen molar-refractivity contribution >= 4 is 0 Å². The lowest BCUT2D eigenvalue weighted by atomic mass is 10.1. The van der Waals surface area contributed by atoms with E-state index in [0.717, 1.165) is 32.7 Å². The first-order valence-electron chi connectivity index (χ1n) is 6.04. The van der Waals surface area contributed by atoms with Crippen molar-refractivity contribution in [2.75, 3.05) is 26.8 Å². The van der Waals surface area contributed by atoms with Crippen LogP contribution in [0.25, 0.3) is 0 Å². The fraction of sp³-hybridized carbons (Fsp3) is 0.750. The summed E-state index contributed by atoms with van der Waals surface area (Å²) in [6.45, 7) is 6.16. The maximum atomic E-state index is 5.10. The normalized spacial score (nSPS) is 20.5. The van der Waals surface area contributed by atoms with Crippen LogP contribution in [-0.4, -0.2) is 36.4 Å². The van der Waals surface area contributed by atoms with Gasteiger partial charge in [0.1, 0.15) is 5.82 Å². The van der Waals surface area contributed by atoms with E-state index in [1.165, 1.54) is 17.9 Å². The van der Waals surface area contributed by atoms with Gasteiger partial charge in [-0.15, -0.1) is 0 Å². The molecular weight excluding hydrogens is 202 g/mol. The van der Waals surface area contributed by atoms with Gasteiger partial charge in [-0.05, 0) is 26.3 Å². The van der Waals surface area contributed by atoms with Crippen LogP contribution in [0.15, 0.2) is 6.20 Å². The predicted molar refractivity (Wildman–Crippen MR) is 63.7 cm³/mol. The molecule has 1 saturated heterocycles. The summed E-state index contributed by atoms with van der Waals surface area (Å²) in [4.78, 5) is 4.56. The molecule has 1 fully saturated rings. The molecule has 1 aliphatic rings. The molecule has 0 aromatic carbocycles. The molecule has 1 aromatic rings. The van der Waals surface area contributed by atoms with Gasteiger partial charge < -0.3 is 14.6 Å². The van der Waals surface area contributed by atoms with E-state index in [9.17, 15) is 0 Å². The minimum absolute atomic E-state index is 0.594. The minimum atomic E-state index is 0.594. The SMILES string of the molecule is COCCCn1c(C)cnc1C1CCNC1. The Morgan fingerprint density at radius 1 is 1.62 bits per heavy atom. The summed E-state index contributed by atoms with van der Waals surface area (Å²) in [6.07, 6.45) is 4.25. The third-order valence-electron chi connectivity index (χ3n) is 3.24. The molecule has 4 nitrogen and oxygen atoms in total. The van der Waals surface area contributed by atoms with Crippen molar-refractivity contribution in [2.45, 2.75) is 32.2 Å². The molecule has 0 spiro atoms. The Morgan fingerprint density at radius 3 is 3.19 bits per heavy atom. The first-order chi connectivity index (χ1) is 7.83. The molecule has 2 heterocycles. The van der Waals surface area contributed by atoms with Crippen molar-refractivity contribution in [3.63, 3.8) is 0 Å². The van der Waals surface area contributed by atoms with Gasteiger partial charge in [-0.1, -0.05) is 0 Å². The van der Waals surface area contributed by atoms with Gasteiger partial charge in [-0.2, -0.15) is 0 Å². The van der Waals surface area contributed by atoms with Crippen molar-refractivity contribution in [3.05, 3.63) is 17.7 Å². The molecule has 1 unspecified atom stereocenters. The second-order valence-corrected chi connectivity index (χ2v) is 4.45. The Bertz CT molecular complexity index is 329. The van der Waals surface area contributed by atoms with Crippen molar-refractivity contribution in [3.8, 4) is 0 Å². The van der Waals surface area contributed by atoms with Gasteiger partial charge in [0.05, 0.1) is 0 Å². The lowest BCUT2D eigenvalue weighted by Crippen LogP contribution is -2.14. The van der Waals surface area contributed by atoms with E-state index in [1.54, 1.807) is 7.11 Å². The second-order valence-electron chi connectivity index (χ2n) is 4.45. The lowest BCUT2D eigenvalue weighted by Gasteiger charge is -2.13. The van der Waals surface area contributed by atoms with E-state index in [4.69, 9.17) is 4.74 Å². The van der Waals surface area contributed by atoms with Crippen LogP contribution in [0.3, 0.4) is 0 Å². The van der Waals surface area contributed by atoms with Crippen molar-refractivity contribution in [1.82, 2.24) is 14.9 Å². The van der Waals surface area contributed by atoms with Crippen LogP contribution >= 0.6 is 0 Å². The molecule has 0 saturated carbocycles. The van der Waals surface area contributed by atoms with E-state index < -0.39 is 0 Å². The molecule has 16 heavy (non-hydrogen) atoms. The highest BCUT2D eigenvalue weighted by molar-refractivity contribution is 5.10. The first kappa shape index (κ1) is 11.6. The van der Waals surface area contributed by atoms with Gasteiger partial charge in [-0.25, -0.2) is 4.98 Å².